The second-order valence-corrected chi connectivity index (χ2v) is 4.57. The van der Waals surface area contributed by atoms with Crippen LogP contribution in [0.3, 0.4) is 0 Å². The van der Waals surface area contributed by atoms with Gasteiger partial charge >= 0.3 is 5.97 Å². The van der Waals surface area contributed by atoms with Gasteiger partial charge in [0.05, 0.1) is 7.11 Å². The summed E-state index contributed by atoms with van der Waals surface area (Å²) < 4.78 is 10.0. The van der Waals surface area contributed by atoms with Gasteiger partial charge in [0.2, 0.25) is 0 Å². The quantitative estimate of drug-likeness (QED) is 0.453. The molecule has 0 amide bonds. The van der Waals surface area contributed by atoms with Crippen molar-refractivity contribution in [3.05, 3.63) is 35.4 Å². The van der Waals surface area contributed by atoms with Crippen molar-refractivity contribution in [1.82, 2.24) is 0 Å². The van der Waals surface area contributed by atoms with Gasteiger partial charge in [0.25, 0.3) is 5.06 Å². The molecule has 0 aromatic heterocycles. The highest BCUT2D eigenvalue weighted by Gasteiger charge is 2.73. The molecule has 0 spiro atoms. The number of halogens is 1. The second kappa shape index (κ2) is 3.47. The van der Waals surface area contributed by atoms with E-state index in [0.717, 1.165) is 11.1 Å². The van der Waals surface area contributed by atoms with E-state index in [-0.39, 0.29) is 0 Å². The number of esters is 1. The number of carbonyl (C=O) groups excluding carboxylic acids is 1. The molecule has 1 aromatic carbocycles. The Hall–Kier alpha value is -1.06. The van der Waals surface area contributed by atoms with E-state index in [4.69, 9.17) is 16.3 Å². The molecule has 1 aromatic rings. The van der Waals surface area contributed by atoms with E-state index in [1.165, 1.54) is 7.11 Å². The summed E-state index contributed by atoms with van der Waals surface area (Å²) in [6.45, 7) is 3.75. The lowest BCUT2D eigenvalue weighted by Crippen LogP contribution is -2.27. The van der Waals surface area contributed by atoms with Gasteiger partial charge in [-0.1, -0.05) is 35.9 Å². The summed E-state index contributed by atoms with van der Waals surface area (Å²) >= 11 is 6.11. The van der Waals surface area contributed by atoms with Crippen molar-refractivity contribution in [2.75, 3.05) is 7.11 Å². The minimum absolute atomic E-state index is 0.556. The average molecular weight is 241 g/mol. The molecule has 0 saturated carbocycles. The molecule has 2 rings (SSSR count). The number of benzene rings is 1. The molecule has 0 bridgehead atoms. The van der Waals surface area contributed by atoms with Gasteiger partial charge in [0.1, 0.15) is 5.60 Å². The number of alkyl halides is 1. The lowest BCUT2D eigenvalue weighted by Gasteiger charge is -2.12. The van der Waals surface area contributed by atoms with Crippen LogP contribution in [0.1, 0.15) is 18.1 Å². The van der Waals surface area contributed by atoms with Gasteiger partial charge in [-0.15, -0.1) is 0 Å². The molecule has 0 N–H and O–H groups in total. The number of rotatable bonds is 2. The SMILES string of the molecule is COC(=O)C1(Cl)OC1(C)c1ccccc1C. The highest BCUT2D eigenvalue weighted by Crippen LogP contribution is 2.59. The zero-order valence-electron chi connectivity index (χ0n) is 9.41. The fourth-order valence-electron chi connectivity index (χ4n) is 1.96. The molecular formula is C12H13ClO3. The van der Waals surface area contributed by atoms with Gasteiger partial charge in [-0.25, -0.2) is 4.79 Å². The average Bonchev–Trinajstić information content (AvgIpc) is 2.83. The summed E-state index contributed by atoms with van der Waals surface area (Å²) in [5, 5.41) is -1.38. The number of hydrogen-bond acceptors (Lipinski definition) is 3. The van der Waals surface area contributed by atoms with E-state index in [1.807, 2.05) is 31.2 Å². The molecular weight excluding hydrogens is 228 g/mol. The fraction of sp³-hybridized carbons (Fsp3) is 0.417. The van der Waals surface area contributed by atoms with Crippen LogP contribution in [0.15, 0.2) is 24.3 Å². The van der Waals surface area contributed by atoms with Crippen molar-refractivity contribution < 1.29 is 14.3 Å². The summed E-state index contributed by atoms with van der Waals surface area (Å²) in [5.74, 6) is -0.556. The normalized spacial score (nSPS) is 32.2. The molecule has 4 heteroatoms. The Bertz CT molecular complexity index is 446. The molecule has 1 heterocycles. The van der Waals surface area contributed by atoms with Crippen molar-refractivity contribution in [2.45, 2.75) is 24.5 Å². The Labute approximate surface area is 99.3 Å². The first-order valence-corrected chi connectivity index (χ1v) is 5.37. The summed E-state index contributed by atoms with van der Waals surface area (Å²) in [7, 11) is 1.30. The van der Waals surface area contributed by atoms with Gasteiger partial charge in [-0.3, -0.25) is 0 Å². The molecule has 1 fully saturated rings. The molecule has 1 aliphatic rings. The Kier molecular flexibility index (Phi) is 2.48. The zero-order chi connectivity index (χ0) is 12.0. The first-order valence-electron chi connectivity index (χ1n) is 4.99. The third-order valence-electron chi connectivity index (χ3n) is 3.02. The maximum Gasteiger partial charge on any atom is 0.357 e. The predicted octanol–water partition coefficient (Wildman–Crippen LogP) is 2.35. The molecule has 86 valence electrons. The van der Waals surface area contributed by atoms with Crippen LogP contribution in [0.4, 0.5) is 0 Å². The minimum Gasteiger partial charge on any atom is -0.466 e. The van der Waals surface area contributed by atoms with Gasteiger partial charge < -0.3 is 9.47 Å². The summed E-state index contributed by atoms with van der Waals surface area (Å²) in [4.78, 5) is 11.5. The number of aryl methyl sites for hydroxylation is 1. The third-order valence-corrected chi connectivity index (χ3v) is 3.62. The van der Waals surface area contributed by atoms with Crippen LogP contribution in [0.5, 0.6) is 0 Å². The highest BCUT2D eigenvalue weighted by molar-refractivity contribution is 6.35. The summed E-state index contributed by atoms with van der Waals surface area (Å²) in [5.41, 5.74) is 1.15. The smallest absolute Gasteiger partial charge is 0.357 e. The van der Waals surface area contributed by atoms with E-state index < -0.39 is 16.6 Å². The molecule has 1 aliphatic heterocycles. The van der Waals surface area contributed by atoms with Crippen LogP contribution in [0.25, 0.3) is 0 Å². The molecule has 0 radical (unpaired) electrons. The van der Waals surface area contributed by atoms with Crippen LogP contribution < -0.4 is 0 Å². The van der Waals surface area contributed by atoms with E-state index in [2.05, 4.69) is 4.74 Å². The van der Waals surface area contributed by atoms with Crippen molar-refractivity contribution >= 4 is 17.6 Å². The Morgan fingerprint density at radius 1 is 1.44 bits per heavy atom. The van der Waals surface area contributed by atoms with Crippen molar-refractivity contribution in [3.8, 4) is 0 Å². The zero-order valence-corrected chi connectivity index (χ0v) is 10.2. The lowest BCUT2D eigenvalue weighted by atomic mass is 9.93. The molecule has 2 atom stereocenters. The number of epoxide rings is 1. The van der Waals surface area contributed by atoms with Crippen molar-refractivity contribution in [3.63, 3.8) is 0 Å². The van der Waals surface area contributed by atoms with Gasteiger partial charge in [-0.05, 0) is 25.0 Å². The van der Waals surface area contributed by atoms with E-state index in [1.54, 1.807) is 6.92 Å². The van der Waals surface area contributed by atoms with Crippen LogP contribution >= 0.6 is 11.6 Å². The molecule has 16 heavy (non-hydrogen) atoms. The number of methoxy groups -OCH3 is 1. The van der Waals surface area contributed by atoms with E-state index in [9.17, 15) is 4.79 Å². The number of ether oxygens (including phenoxy) is 2. The van der Waals surface area contributed by atoms with Gasteiger partial charge in [0.15, 0.2) is 0 Å². The van der Waals surface area contributed by atoms with E-state index >= 15 is 0 Å². The van der Waals surface area contributed by atoms with Crippen LogP contribution in [0.2, 0.25) is 0 Å². The topological polar surface area (TPSA) is 38.8 Å². The highest BCUT2D eigenvalue weighted by atomic mass is 35.5. The molecule has 2 unspecified atom stereocenters. The first-order chi connectivity index (χ1) is 7.45. The minimum atomic E-state index is -1.38. The third kappa shape index (κ3) is 1.35. The second-order valence-electron chi connectivity index (χ2n) is 4.04. The van der Waals surface area contributed by atoms with Crippen LogP contribution in [0, 0.1) is 6.92 Å². The largest absolute Gasteiger partial charge is 0.466 e. The van der Waals surface area contributed by atoms with E-state index in [0.29, 0.717) is 0 Å². The van der Waals surface area contributed by atoms with Crippen molar-refractivity contribution in [1.29, 1.82) is 0 Å². The maximum absolute atomic E-state index is 11.5. The summed E-state index contributed by atoms with van der Waals surface area (Å²) in [6.07, 6.45) is 0. The lowest BCUT2D eigenvalue weighted by molar-refractivity contribution is -0.143. The number of hydrogen-bond donors (Lipinski definition) is 0. The standard InChI is InChI=1S/C12H13ClO3/c1-8-6-4-5-7-9(8)11(2)12(13,16-11)10(14)15-3/h4-7H,1-3H3. The van der Waals surface area contributed by atoms with Crippen molar-refractivity contribution in [2.24, 2.45) is 0 Å². The first kappa shape index (κ1) is 11.4. The van der Waals surface area contributed by atoms with Crippen LogP contribution in [-0.2, 0) is 19.9 Å². The Morgan fingerprint density at radius 3 is 2.62 bits per heavy atom. The van der Waals surface area contributed by atoms with Gasteiger partial charge in [-0.2, -0.15) is 0 Å². The summed E-state index contributed by atoms with van der Waals surface area (Å²) in [6, 6.07) is 7.68. The predicted molar refractivity (Wildman–Crippen MR) is 60.2 cm³/mol. The van der Waals surface area contributed by atoms with Crippen LogP contribution in [-0.4, -0.2) is 18.1 Å². The Balaban J connectivity index is 2.38. The molecule has 3 nitrogen and oxygen atoms in total. The fourth-order valence-corrected chi connectivity index (χ4v) is 2.29. The monoisotopic (exact) mass is 240 g/mol. The number of carbonyl (C=O) groups is 1. The Morgan fingerprint density at radius 2 is 2.06 bits per heavy atom. The molecule has 0 aliphatic carbocycles. The molecule has 1 saturated heterocycles. The van der Waals surface area contributed by atoms with Gasteiger partial charge in [0, 0.05) is 0 Å². The maximum atomic E-state index is 11.5.